The first-order valence-corrected chi connectivity index (χ1v) is 5.92. The van der Waals surface area contributed by atoms with Crippen molar-refractivity contribution in [2.45, 2.75) is 18.9 Å². The number of carbonyl (C=O) groups is 1. The number of aromatic nitrogens is 1. The van der Waals surface area contributed by atoms with E-state index >= 15 is 0 Å². The van der Waals surface area contributed by atoms with Crippen molar-refractivity contribution in [1.82, 2.24) is 9.88 Å². The molecule has 1 atom stereocenters. The number of likely N-dealkylation sites (tertiary alicyclic amines) is 1. The standard InChI is InChI=1S/C13H16N2O3/c1-2-10-5-3-7-14-12(10)18-9-11-6-4-8-15(11)13(16)17/h2-3,5,7,11H,1,4,6,8-9H2,(H,16,17)/t11-/m1/s1. The Morgan fingerprint density at radius 1 is 1.72 bits per heavy atom. The first kappa shape index (κ1) is 12.4. The van der Waals surface area contributed by atoms with Gasteiger partial charge in [0.2, 0.25) is 5.88 Å². The molecule has 1 aromatic rings. The maximum Gasteiger partial charge on any atom is 0.407 e. The second-order valence-electron chi connectivity index (χ2n) is 4.18. The lowest BCUT2D eigenvalue weighted by atomic mass is 10.2. The SMILES string of the molecule is C=Cc1cccnc1OC[C@H]1CCCN1C(=O)O. The van der Waals surface area contributed by atoms with Gasteiger partial charge in [0.05, 0.1) is 6.04 Å². The number of nitrogens with zero attached hydrogens (tertiary/aromatic N) is 2. The zero-order valence-corrected chi connectivity index (χ0v) is 10.1. The van der Waals surface area contributed by atoms with Gasteiger partial charge in [0.1, 0.15) is 6.61 Å². The lowest BCUT2D eigenvalue weighted by Gasteiger charge is -2.21. The normalized spacial score (nSPS) is 18.7. The summed E-state index contributed by atoms with van der Waals surface area (Å²) in [6, 6.07) is 3.59. The van der Waals surface area contributed by atoms with E-state index in [4.69, 9.17) is 9.84 Å². The van der Waals surface area contributed by atoms with E-state index in [9.17, 15) is 4.79 Å². The molecule has 1 aliphatic heterocycles. The molecule has 1 aromatic heterocycles. The average Bonchev–Trinajstić information content (AvgIpc) is 2.85. The summed E-state index contributed by atoms with van der Waals surface area (Å²) in [6.45, 7) is 4.61. The van der Waals surface area contributed by atoms with E-state index in [1.807, 2.05) is 12.1 Å². The number of carboxylic acid groups (broad SMARTS) is 1. The molecule has 96 valence electrons. The van der Waals surface area contributed by atoms with Crippen LogP contribution in [0.5, 0.6) is 5.88 Å². The predicted octanol–water partition coefficient (Wildman–Crippen LogP) is 2.25. The summed E-state index contributed by atoms with van der Waals surface area (Å²) in [4.78, 5) is 16.5. The highest BCUT2D eigenvalue weighted by atomic mass is 16.5. The monoisotopic (exact) mass is 248 g/mol. The molecule has 0 bridgehead atoms. The van der Waals surface area contributed by atoms with Gasteiger partial charge in [-0.1, -0.05) is 12.7 Å². The third kappa shape index (κ3) is 2.61. The van der Waals surface area contributed by atoms with E-state index < -0.39 is 6.09 Å². The van der Waals surface area contributed by atoms with Gasteiger partial charge in [-0.15, -0.1) is 0 Å². The molecule has 0 aromatic carbocycles. The third-order valence-corrected chi connectivity index (χ3v) is 3.06. The molecule has 18 heavy (non-hydrogen) atoms. The van der Waals surface area contributed by atoms with Crippen LogP contribution < -0.4 is 4.74 Å². The number of hydrogen-bond donors (Lipinski definition) is 1. The zero-order chi connectivity index (χ0) is 13.0. The highest BCUT2D eigenvalue weighted by Crippen LogP contribution is 2.20. The van der Waals surface area contributed by atoms with Crippen molar-refractivity contribution < 1.29 is 14.6 Å². The highest BCUT2D eigenvalue weighted by Gasteiger charge is 2.29. The molecule has 1 aliphatic rings. The Kier molecular flexibility index (Phi) is 3.82. The van der Waals surface area contributed by atoms with Crippen LogP contribution in [0, 0.1) is 0 Å². The molecule has 2 rings (SSSR count). The van der Waals surface area contributed by atoms with E-state index in [-0.39, 0.29) is 6.04 Å². The van der Waals surface area contributed by atoms with E-state index in [2.05, 4.69) is 11.6 Å². The van der Waals surface area contributed by atoms with Gasteiger partial charge in [-0.3, -0.25) is 0 Å². The molecule has 0 unspecified atom stereocenters. The molecular weight excluding hydrogens is 232 g/mol. The van der Waals surface area contributed by atoms with Crippen molar-refractivity contribution in [1.29, 1.82) is 0 Å². The van der Waals surface area contributed by atoms with E-state index in [1.165, 1.54) is 4.90 Å². The second kappa shape index (κ2) is 5.53. The molecule has 1 amide bonds. The molecule has 5 nitrogen and oxygen atoms in total. The molecule has 1 saturated heterocycles. The van der Waals surface area contributed by atoms with Crippen molar-refractivity contribution >= 4 is 12.2 Å². The lowest BCUT2D eigenvalue weighted by molar-refractivity contribution is 0.122. The first-order valence-electron chi connectivity index (χ1n) is 5.92. The van der Waals surface area contributed by atoms with Crippen molar-refractivity contribution in [3.8, 4) is 5.88 Å². The molecule has 1 fully saturated rings. The minimum absolute atomic E-state index is 0.0813. The Labute approximate surface area is 106 Å². The largest absolute Gasteiger partial charge is 0.475 e. The summed E-state index contributed by atoms with van der Waals surface area (Å²) in [5.41, 5.74) is 0.817. The Morgan fingerprint density at radius 3 is 3.28 bits per heavy atom. The van der Waals surface area contributed by atoms with Crippen molar-refractivity contribution in [2.75, 3.05) is 13.2 Å². The average molecular weight is 248 g/mol. The third-order valence-electron chi connectivity index (χ3n) is 3.06. The van der Waals surface area contributed by atoms with E-state index in [0.29, 0.717) is 19.0 Å². The number of rotatable bonds is 4. The summed E-state index contributed by atoms with van der Waals surface area (Å²) in [6.07, 6.45) is 4.16. The molecule has 0 saturated carbocycles. The van der Waals surface area contributed by atoms with Crippen LogP contribution in [0.2, 0.25) is 0 Å². The van der Waals surface area contributed by atoms with Crippen molar-refractivity contribution in [3.05, 3.63) is 30.5 Å². The van der Waals surface area contributed by atoms with Gasteiger partial charge in [-0.05, 0) is 25.0 Å². The minimum atomic E-state index is -0.883. The summed E-state index contributed by atoms with van der Waals surface area (Å²) in [5.74, 6) is 0.504. The van der Waals surface area contributed by atoms with E-state index in [0.717, 1.165) is 18.4 Å². The second-order valence-corrected chi connectivity index (χ2v) is 4.18. The highest BCUT2D eigenvalue weighted by molar-refractivity contribution is 5.65. The summed E-state index contributed by atoms with van der Waals surface area (Å²) >= 11 is 0. The molecule has 0 radical (unpaired) electrons. The fraction of sp³-hybridized carbons (Fsp3) is 0.385. The fourth-order valence-corrected chi connectivity index (χ4v) is 2.12. The smallest absolute Gasteiger partial charge is 0.407 e. The Morgan fingerprint density at radius 2 is 2.56 bits per heavy atom. The van der Waals surface area contributed by atoms with Crippen LogP contribution in [0.4, 0.5) is 4.79 Å². The van der Waals surface area contributed by atoms with Gasteiger partial charge in [0.25, 0.3) is 0 Å². The Balaban J connectivity index is 1.99. The van der Waals surface area contributed by atoms with Gasteiger partial charge in [0, 0.05) is 18.3 Å². The Hall–Kier alpha value is -2.04. The molecule has 2 heterocycles. The van der Waals surface area contributed by atoms with Crippen LogP contribution in [0.25, 0.3) is 6.08 Å². The van der Waals surface area contributed by atoms with Gasteiger partial charge in [-0.25, -0.2) is 9.78 Å². The van der Waals surface area contributed by atoms with Crippen LogP contribution in [0.3, 0.4) is 0 Å². The van der Waals surface area contributed by atoms with Gasteiger partial charge in [-0.2, -0.15) is 0 Å². The number of pyridine rings is 1. The summed E-state index contributed by atoms with van der Waals surface area (Å²) in [5, 5.41) is 9.02. The molecule has 0 aliphatic carbocycles. The maximum absolute atomic E-state index is 11.0. The van der Waals surface area contributed by atoms with E-state index in [1.54, 1.807) is 12.3 Å². The quantitative estimate of drug-likeness (QED) is 0.887. The zero-order valence-electron chi connectivity index (χ0n) is 10.1. The van der Waals surface area contributed by atoms with Crippen molar-refractivity contribution in [2.24, 2.45) is 0 Å². The molecule has 1 N–H and O–H groups in total. The van der Waals surface area contributed by atoms with Crippen LogP contribution in [-0.4, -0.2) is 40.3 Å². The van der Waals surface area contributed by atoms with Gasteiger partial charge < -0.3 is 14.7 Å². The summed E-state index contributed by atoms with van der Waals surface area (Å²) < 4.78 is 5.60. The molecule has 5 heteroatoms. The van der Waals surface area contributed by atoms with Crippen LogP contribution >= 0.6 is 0 Å². The van der Waals surface area contributed by atoms with Gasteiger partial charge >= 0.3 is 6.09 Å². The summed E-state index contributed by atoms with van der Waals surface area (Å²) in [7, 11) is 0. The number of amides is 1. The lowest BCUT2D eigenvalue weighted by Crippen LogP contribution is -2.38. The van der Waals surface area contributed by atoms with Crippen molar-refractivity contribution in [3.63, 3.8) is 0 Å². The molecule has 0 spiro atoms. The first-order chi connectivity index (χ1) is 8.72. The van der Waals surface area contributed by atoms with Crippen LogP contribution in [0.1, 0.15) is 18.4 Å². The van der Waals surface area contributed by atoms with Crippen LogP contribution in [0.15, 0.2) is 24.9 Å². The topological polar surface area (TPSA) is 62.7 Å². The number of ether oxygens (including phenoxy) is 1. The minimum Gasteiger partial charge on any atom is -0.475 e. The Bertz CT molecular complexity index is 448. The predicted molar refractivity (Wildman–Crippen MR) is 67.6 cm³/mol. The molecular formula is C13H16N2O3. The maximum atomic E-state index is 11.0. The van der Waals surface area contributed by atoms with Crippen LogP contribution in [-0.2, 0) is 0 Å². The fourth-order valence-electron chi connectivity index (χ4n) is 2.12. The number of hydrogen-bond acceptors (Lipinski definition) is 3. The van der Waals surface area contributed by atoms with Gasteiger partial charge in [0.15, 0.2) is 0 Å².